The highest BCUT2D eigenvalue weighted by Gasteiger charge is 2.27. The molecule has 2 aromatic heterocycles. The number of carbonyl (C=O) groups excluding carboxylic acids is 1. The van der Waals surface area contributed by atoms with Crippen LogP contribution in [-0.4, -0.2) is 49.5 Å². The van der Waals surface area contributed by atoms with Crippen LogP contribution in [0.3, 0.4) is 0 Å². The number of likely N-dealkylation sites (tertiary alicyclic amines) is 1. The van der Waals surface area contributed by atoms with Gasteiger partial charge >= 0.3 is 0 Å². The summed E-state index contributed by atoms with van der Waals surface area (Å²) in [5.74, 6) is 0.165. The second kappa shape index (κ2) is 6.76. The first kappa shape index (κ1) is 16.5. The topological polar surface area (TPSA) is 63.3 Å². The number of nitrogens with zero attached hydrogens (tertiary/aromatic N) is 4. The minimum atomic E-state index is -0.343. The molecule has 1 aromatic carbocycles. The van der Waals surface area contributed by atoms with Crippen LogP contribution in [0.1, 0.15) is 23.2 Å². The summed E-state index contributed by atoms with van der Waals surface area (Å²) >= 11 is 0. The van der Waals surface area contributed by atoms with Gasteiger partial charge in [0.15, 0.2) is 5.82 Å². The quantitative estimate of drug-likeness (QED) is 0.786. The average molecular weight is 354 g/mol. The van der Waals surface area contributed by atoms with Crippen LogP contribution in [0.2, 0.25) is 0 Å². The third kappa shape index (κ3) is 3.01. The van der Waals surface area contributed by atoms with E-state index in [1.54, 1.807) is 27.9 Å². The van der Waals surface area contributed by atoms with Crippen molar-refractivity contribution in [3.05, 3.63) is 66.4 Å². The summed E-state index contributed by atoms with van der Waals surface area (Å²) in [5, 5.41) is 14.0. The Balaban J connectivity index is 1.76. The molecule has 0 atom stereocenters. The van der Waals surface area contributed by atoms with Crippen molar-refractivity contribution in [1.82, 2.24) is 19.2 Å². The van der Waals surface area contributed by atoms with E-state index in [-0.39, 0.29) is 17.8 Å². The predicted octanol–water partition coefficient (Wildman–Crippen LogP) is 2.40. The molecule has 1 saturated heterocycles. The summed E-state index contributed by atoms with van der Waals surface area (Å²) in [6.45, 7) is 1.04. The normalized spacial score (nSPS) is 15.4. The number of hydrogen-bond acceptors (Lipinski definition) is 3. The lowest BCUT2D eigenvalue weighted by atomic mass is 10.1. The van der Waals surface area contributed by atoms with Crippen LogP contribution in [0.5, 0.6) is 0 Å². The lowest BCUT2D eigenvalue weighted by Crippen LogP contribution is -2.40. The number of rotatable bonds is 3. The zero-order valence-corrected chi connectivity index (χ0v) is 14.1. The Hall–Kier alpha value is -2.93. The van der Waals surface area contributed by atoms with Crippen molar-refractivity contribution in [1.29, 1.82) is 0 Å². The monoisotopic (exact) mass is 354 g/mol. The van der Waals surface area contributed by atoms with Crippen LogP contribution in [0, 0.1) is 5.82 Å². The number of hydrogen-bond donors (Lipinski definition) is 1. The van der Waals surface area contributed by atoms with Gasteiger partial charge in [-0.1, -0.05) is 0 Å². The zero-order valence-electron chi connectivity index (χ0n) is 14.1. The van der Waals surface area contributed by atoms with Crippen molar-refractivity contribution < 1.29 is 14.3 Å². The largest absolute Gasteiger partial charge is 0.393 e. The van der Waals surface area contributed by atoms with Crippen molar-refractivity contribution in [3.8, 4) is 11.5 Å². The van der Waals surface area contributed by atoms with Crippen molar-refractivity contribution in [3.63, 3.8) is 0 Å². The minimum absolute atomic E-state index is 0.117. The van der Waals surface area contributed by atoms with E-state index in [1.807, 2.05) is 29.1 Å². The molecule has 0 aliphatic carbocycles. The summed E-state index contributed by atoms with van der Waals surface area (Å²) in [6, 6.07) is 9.72. The molecule has 0 unspecified atom stereocenters. The number of aliphatic hydroxyl groups is 1. The highest BCUT2D eigenvalue weighted by molar-refractivity contribution is 5.97. The van der Waals surface area contributed by atoms with Crippen LogP contribution in [0.4, 0.5) is 4.39 Å². The first-order valence-corrected chi connectivity index (χ1v) is 8.58. The van der Waals surface area contributed by atoms with Gasteiger partial charge in [0.2, 0.25) is 0 Å². The van der Waals surface area contributed by atoms with Crippen LogP contribution in [-0.2, 0) is 0 Å². The number of piperidine rings is 1. The second-order valence-corrected chi connectivity index (χ2v) is 6.38. The van der Waals surface area contributed by atoms with E-state index in [0.29, 0.717) is 43.0 Å². The molecule has 3 aromatic rings. The Morgan fingerprint density at radius 1 is 1.12 bits per heavy atom. The number of aromatic nitrogens is 3. The summed E-state index contributed by atoms with van der Waals surface area (Å²) in [4.78, 5) is 14.8. The zero-order chi connectivity index (χ0) is 18.1. The van der Waals surface area contributed by atoms with E-state index < -0.39 is 0 Å². The highest BCUT2D eigenvalue weighted by atomic mass is 19.1. The van der Waals surface area contributed by atoms with Crippen LogP contribution >= 0.6 is 0 Å². The van der Waals surface area contributed by atoms with Gasteiger partial charge in [-0.2, -0.15) is 5.10 Å². The fourth-order valence-electron chi connectivity index (χ4n) is 3.23. The standard InChI is InChI=1S/C19H19FN4O2/c20-14-3-5-15(6-4-14)24-18(22-9-1-2-10-22)17(13-21-24)19(26)23-11-7-16(25)8-12-23/h1-6,9-10,13,16,25H,7-8,11-12H2. The molecular formula is C19H19FN4O2. The molecule has 1 N–H and O–H groups in total. The minimum Gasteiger partial charge on any atom is -0.393 e. The average Bonchev–Trinajstić information content (AvgIpc) is 3.32. The Kier molecular flexibility index (Phi) is 4.30. The van der Waals surface area contributed by atoms with Crippen molar-refractivity contribution >= 4 is 5.91 Å². The summed E-state index contributed by atoms with van der Waals surface area (Å²) < 4.78 is 16.7. The molecule has 6 nitrogen and oxygen atoms in total. The molecule has 1 amide bonds. The fraction of sp³-hybridized carbons (Fsp3) is 0.263. The highest BCUT2D eigenvalue weighted by Crippen LogP contribution is 2.23. The van der Waals surface area contributed by atoms with Crippen LogP contribution < -0.4 is 0 Å². The maximum atomic E-state index is 13.3. The number of benzene rings is 1. The van der Waals surface area contributed by atoms with Gasteiger partial charge in [-0.15, -0.1) is 0 Å². The molecule has 1 fully saturated rings. The van der Waals surface area contributed by atoms with E-state index >= 15 is 0 Å². The van der Waals surface area contributed by atoms with Gasteiger partial charge in [-0.3, -0.25) is 4.79 Å². The molecule has 0 saturated carbocycles. The van der Waals surface area contributed by atoms with Gasteiger partial charge in [-0.05, 0) is 49.2 Å². The number of aliphatic hydroxyl groups excluding tert-OH is 1. The van der Waals surface area contributed by atoms with Gasteiger partial charge in [0.1, 0.15) is 11.4 Å². The fourth-order valence-corrected chi connectivity index (χ4v) is 3.23. The molecule has 1 aliphatic heterocycles. The SMILES string of the molecule is O=C(c1cnn(-c2ccc(F)cc2)c1-n1cccc1)N1CCC(O)CC1. The molecule has 4 rings (SSSR count). The van der Waals surface area contributed by atoms with Gasteiger partial charge in [-0.25, -0.2) is 9.07 Å². The van der Waals surface area contributed by atoms with E-state index in [1.165, 1.54) is 12.1 Å². The molecule has 0 radical (unpaired) electrons. The van der Waals surface area contributed by atoms with Gasteiger partial charge in [0.25, 0.3) is 5.91 Å². The molecule has 134 valence electrons. The molecule has 3 heterocycles. The van der Waals surface area contributed by atoms with Crippen LogP contribution in [0.15, 0.2) is 55.0 Å². The summed E-state index contributed by atoms with van der Waals surface area (Å²) in [5.41, 5.74) is 1.14. The Morgan fingerprint density at radius 2 is 1.77 bits per heavy atom. The molecule has 1 aliphatic rings. The molecule has 7 heteroatoms. The van der Waals surface area contributed by atoms with Gasteiger partial charge in [0, 0.05) is 25.5 Å². The lowest BCUT2D eigenvalue weighted by Gasteiger charge is -2.29. The first-order valence-electron chi connectivity index (χ1n) is 8.58. The predicted molar refractivity (Wildman–Crippen MR) is 94.0 cm³/mol. The van der Waals surface area contributed by atoms with Crippen LogP contribution in [0.25, 0.3) is 11.5 Å². The summed E-state index contributed by atoms with van der Waals surface area (Å²) in [7, 11) is 0. The van der Waals surface area contributed by atoms with Crippen molar-refractivity contribution in [2.24, 2.45) is 0 Å². The van der Waals surface area contributed by atoms with E-state index in [0.717, 1.165) is 0 Å². The molecule has 0 spiro atoms. The summed E-state index contributed by atoms with van der Waals surface area (Å²) in [6.07, 6.45) is 6.05. The first-order chi connectivity index (χ1) is 12.6. The Bertz CT molecular complexity index is 894. The van der Waals surface area contributed by atoms with E-state index in [2.05, 4.69) is 5.10 Å². The van der Waals surface area contributed by atoms with Gasteiger partial charge in [0.05, 0.1) is 18.0 Å². The Labute approximate surface area is 150 Å². The lowest BCUT2D eigenvalue weighted by molar-refractivity contribution is 0.0546. The number of amides is 1. The number of halogens is 1. The molecule has 26 heavy (non-hydrogen) atoms. The third-order valence-corrected chi connectivity index (χ3v) is 4.65. The number of carbonyl (C=O) groups is 1. The van der Waals surface area contributed by atoms with Crippen molar-refractivity contribution in [2.45, 2.75) is 18.9 Å². The molecular weight excluding hydrogens is 335 g/mol. The maximum absolute atomic E-state index is 13.3. The second-order valence-electron chi connectivity index (χ2n) is 6.38. The van der Waals surface area contributed by atoms with Crippen molar-refractivity contribution in [2.75, 3.05) is 13.1 Å². The van der Waals surface area contributed by atoms with E-state index in [4.69, 9.17) is 0 Å². The maximum Gasteiger partial charge on any atom is 0.259 e. The molecule has 0 bridgehead atoms. The third-order valence-electron chi connectivity index (χ3n) is 4.65. The van der Waals surface area contributed by atoms with Gasteiger partial charge < -0.3 is 14.6 Å². The van der Waals surface area contributed by atoms with E-state index in [9.17, 15) is 14.3 Å². The Morgan fingerprint density at radius 3 is 2.42 bits per heavy atom. The smallest absolute Gasteiger partial charge is 0.259 e.